The van der Waals surface area contributed by atoms with E-state index in [9.17, 15) is 12.8 Å². The van der Waals surface area contributed by atoms with Gasteiger partial charge in [-0.15, -0.1) is 0 Å². The van der Waals surface area contributed by atoms with E-state index >= 15 is 0 Å². The maximum absolute atomic E-state index is 13.8. The van der Waals surface area contributed by atoms with Gasteiger partial charge in [-0.25, -0.2) is 12.8 Å². The number of methoxy groups -OCH3 is 1. The van der Waals surface area contributed by atoms with E-state index in [1.165, 1.54) is 41.7 Å². The predicted octanol–water partition coefficient (Wildman–Crippen LogP) is 4.54. The number of sulfonamides is 1. The van der Waals surface area contributed by atoms with Crippen molar-refractivity contribution in [1.82, 2.24) is 0 Å². The summed E-state index contributed by atoms with van der Waals surface area (Å²) in [5.41, 5.74) is 2.11. The molecule has 0 saturated carbocycles. The van der Waals surface area contributed by atoms with Gasteiger partial charge in [0.2, 0.25) is 0 Å². The number of rotatable bonds is 6. The molecule has 0 fully saturated rings. The van der Waals surface area contributed by atoms with E-state index in [0.717, 1.165) is 11.1 Å². The van der Waals surface area contributed by atoms with Crippen molar-refractivity contribution in [3.63, 3.8) is 0 Å². The molecule has 140 valence electrons. The van der Waals surface area contributed by atoms with Crippen molar-refractivity contribution in [1.29, 1.82) is 0 Å². The van der Waals surface area contributed by atoms with E-state index in [-0.39, 0.29) is 17.1 Å². The van der Waals surface area contributed by atoms with Crippen molar-refractivity contribution >= 4 is 15.7 Å². The quantitative estimate of drug-likeness (QED) is 0.626. The zero-order chi connectivity index (χ0) is 19.4. The number of anilines is 1. The van der Waals surface area contributed by atoms with Gasteiger partial charge >= 0.3 is 0 Å². The average Bonchev–Trinajstić information content (AvgIpc) is 2.66. The van der Waals surface area contributed by atoms with Crippen molar-refractivity contribution in [2.45, 2.75) is 18.4 Å². The topological polar surface area (TPSA) is 46.6 Å². The Morgan fingerprint density at radius 1 is 0.963 bits per heavy atom. The van der Waals surface area contributed by atoms with Crippen molar-refractivity contribution in [3.8, 4) is 5.75 Å². The summed E-state index contributed by atoms with van der Waals surface area (Å²) in [6, 6.07) is 19.3. The first-order valence-corrected chi connectivity index (χ1v) is 9.82. The van der Waals surface area contributed by atoms with Crippen LogP contribution in [0.4, 0.5) is 10.1 Å². The van der Waals surface area contributed by atoms with Crippen LogP contribution in [-0.4, -0.2) is 15.5 Å². The summed E-state index contributed by atoms with van der Waals surface area (Å²) in [5, 5.41) is 0. The fourth-order valence-electron chi connectivity index (χ4n) is 2.80. The van der Waals surface area contributed by atoms with Crippen molar-refractivity contribution in [2.75, 3.05) is 11.4 Å². The summed E-state index contributed by atoms with van der Waals surface area (Å²) in [4.78, 5) is 0.111. The Morgan fingerprint density at radius 2 is 1.67 bits per heavy atom. The molecule has 27 heavy (non-hydrogen) atoms. The SMILES string of the molecule is COc1ccc(S(=O)(=O)N(Cc2cccc(C)c2)c2cccc(F)c2)cc1. The highest BCUT2D eigenvalue weighted by Gasteiger charge is 2.25. The number of ether oxygens (including phenoxy) is 1. The summed E-state index contributed by atoms with van der Waals surface area (Å²) in [5.74, 6) is 0.0663. The van der Waals surface area contributed by atoms with Crippen LogP contribution in [0.25, 0.3) is 0 Å². The van der Waals surface area contributed by atoms with Gasteiger partial charge in [0.15, 0.2) is 0 Å². The molecule has 0 aromatic heterocycles. The maximum Gasteiger partial charge on any atom is 0.264 e. The summed E-state index contributed by atoms with van der Waals surface area (Å²) in [6.45, 7) is 2.04. The minimum Gasteiger partial charge on any atom is -0.497 e. The van der Waals surface area contributed by atoms with Crippen LogP contribution in [0.2, 0.25) is 0 Å². The predicted molar refractivity (Wildman–Crippen MR) is 104 cm³/mol. The molecule has 0 bridgehead atoms. The molecule has 0 aliphatic rings. The van der Waals surface area contributed by atoms with Gasteiger partial charge in [0, 0.05) is 0 Å². The lowest BCUT2D eigenvalue weighted by molar-refractivity contribution is 0.414. The first kappa shape index (κ1) is 18.9. The van der Waals surface area contributed by atoms with Crippen LogP contribution in [0.15, 0.2) is 77.7 Å². The minimum absolute atomic E-state index is 0.0967. The van der Waals surface area contributed by atoms with Crippen LogP contribution in [0.1, 0.15) is 11.1 Å². The van der Waals surface area contributed by atoms with Gasteiger partial charge in [0.1, 0.15) is 11.6 Å². The van der Waals surface area contributed by atoms with Gasteiger partial charge in [0.25, 0.3) is 10.0 Å². The van der Waals surface area contributed by atoms with E-state index < -0.39 is 15.8 Å². The van der Waals surface area contributed by atoms with Gasteiger partial charge in [-0.1, -0.05) is 35.9 Å². The van der Waals surface area contributed by atoms with Gasteiger partial charge < -0.3 is 4.74 Å². The van der Waals surface area contributed by atoms with E-state index in [2.05, 4.69) is 0 Å². The van der Waals surface area contributed by atoms with E-state index in [1.54, 1.807) is 18.2 Å². The van der Waals surface area contributed by atoms with Crippen LogP contribution in [0.5, 0.6) is 5.75 Å². The highest BCUT2D eigenvalue weighted by atomic mass is 32.2. The molecule has 3 aromatic carbocycles. The lowest BCUT2D eigenvalue weighted by Crippen LogP contribution is -2.30. The Kier molecular flexibility index (Phi) is 5.46. The van der Waals surface area contributed by atoms with Gasteiger partial charge in [-0.3, -0.25) is 4.31 Å². The molecule has 0 heterocycles. The molecule has 0 radical (unpaired) electrons. The highest BCUT2D eigenvalue weighted by Crippen LogP contribution is 2.27. The van der Waals surface area contributed by atoms with E-state index in [0.29, 0.717) is 5.75 Å². The molecule has 3 aromatic rings. The lowest BCUT2D eigenvalue weighted by atomic mass is 10.1. The molecular formula is C21H20FNO3S. The Hall–Kier alpha value is -2.86. The number of aryl methyl sites for hydroxylation is 1. The molecule has 0 N–H and O–H groups in total. The fraction of sp³-hybridized carbons (Fsp3) is 0.143. The van der Waals surface area contributed by atoms with Gasteiger partial charge in [-0.2, -0.15) is 0 Å². The number of nitrogens with zero attached hydrogens (tertiary/aromatic N) is 1. The third-order valence-electron chi connectivity index (χ3n) is 4.15. The van der Waals surface area contributed by atoms with Crippen LogP contribution < -0.4 is 9.04 Å². The summed E-state index contributed by atoms with van der Waals surface area (Å²) in [6.07, 6.45) is 0. The van der Waals surface area contributed by atoms with E-state index in [1.807, 2.05) is 31.2 Å². The van der Waals surface area contributed by atoms with Gasteiger partial charge in [-0.05, 0) is 55.0 Å². The average molecular weight is 385 g/mol. The Balaban J connectivity index is 2.07. The number of halogens is 1. The Bertz CT molecular complexity index is 1030. The molecule has 0 saturated heterocycles. The zero-order valence-electron chi connectivity index (χ0n) is 15.1. The highest BCUT2D eigenvalue weighted by molar-refractivity contribution is 7.92. The summed E-state index contributed by atoms with van der Waals surface area (Å²) >= 11 is 0. The zero-order valence-corrected chi connectivity index (χ0v) is 15.9. The normalized spacial score (nSPS) is 11.2. The second-order valence-corrected chi connectivity index (χ2v) is 8.02. The fourth-order valence-corrected chi connectivity index (χ4v) is 4.24. The summed E-state index contributed by atoms with van der Waals surface area (Å²) < 4.78 is 46.7. The van der Waals surface area contributed by atoms with Crippen molar-refractivity contribution in [2.24, 2.45) is 0 Å². The number of benzene rings is 3. The lowest BCUT2D eigenvalue weighted by Gasteiger charge is -2.25. The number of hydrogen-bond acceptors (Lipinski definition) is 3. The molecule has 0 unspecified atom stereocenters. The first-order chi connectivity index (χ1) is 12.9. The van der Waals surface area contributed by atoms with Crippen molar-refractivity contribution < 1.29 is 17.5 Å². The molecule has 0 aliphatic carbocycles. The standard InChI is InChI=1S/C21H20FNO3S/c1-16-5-3-6-17(13-16)15-23(19-8-4-7-18(22)14-19)27(24,25)21-11-9-20(26-2)10-12-21/h3-14H,15H2,1-2H3. The van der Waals surface area contributed by atoms with Crippen LogP contribution in [-0.2, 0) is 16.6 Å². The first-order valence-electron chi connectivity index (χ1n) is 8.38. The molecular weight excluding hydrogens is 365 g/mol. The Labute approximate surface area is 158 Å². The monoisotopic (exact) mass is 385 g/mol. The largest absolute Gasteiger partial charge is 0.497 e. The molecule has 4 nitrogen and oxygen atoms in total. The Morgan fingerprint density at radius 3 is 2.30 bits per heavy atom. The minimum atomic E-state index is -3.90. The molecule has 6 heteroatoms. The van der Waals surface area contributed by atoms with Crippen LogP contribution >= 0.6 is 0 Å². The number of hydrogen-bond donors (Lipinski definition) is 0. The maximum atomic E-state index is 13.8. The molecule has 0 aliphatic heterocycles. The third-order valence-corrected chi connectivity index (χ3v) is 5.94. The smallest absolute Gasteiger partial charge is 0.264 e. The molecule has 3 rings (SSSR count). The van der Waals surface area contributed by atoms with E-state index in [4.69, 9.17) is 4.74 Å². The van der Waals surface area contributed by atoms with Gasteiger partial charge in [0.05, 0.1) is 24.2 Å². The second-order valence-electron chi connectivity index (χ2n) is 6.16. The van der Waals surface area contributed by atoms with Crippen molar-refractivity contribution in [3.05, 3.63) is 89.7 Å². The summed E-state index contributed by atoms with van der Waals surface area (Å²) in [7, 11) is -2.38. The van der Waals surface area contributed by atoms with Crippen LogP contribution in [0.3, 0.4) is 0 Å². The molecule has 0 amide bonds. The second kappa shape index (κ2) is 7.80. The third kappa shape index (κ3) is 4.28. The van der Waals surface area contributed by atoms with Crippen LogP contribution in [0, 0.1) is 12.7 Å². The molecule has 0 spiro atoms. The molecule has 0 atom stereocenters.